The van der Waals surface area contributed by atoms with Crippen molar-refractivity contribution < 1.29 is 4.79 Å². The molecule has 0 radical (unpaired) electrons. The summed E-state index contributed by atoms with van der Waals surface area (Å²) >= 11 is 2.03. The van der Waals surface area contributed by atoms with Crippen molar-refractivity contribution in [2.45, 2.75) is 13.5 Å². The summed E-state index contributed by atoms with van der Waals surface area (Å²) in [7, 11) is 0. The number of amides is 1. The van der Waals surface area contributed by atoms with E-state index in [0.29, 0.717) is 5.56 Å². The zero-order valence-corrected chi connectivity index (χ0v) is 17.2. The minimum Gasteiger partial charge on any atom is -0.364 e. The molecule has 146 valence electrons. The Labute approximate surface area is 171 Å². The lowest BCUT2D eigenvalue weighted by molar-refractivity contribution is 0.102. The van der Waals surface area contributed by atoms with E-state index in [-0.39, 0.29) is 5.91 Å². The van der Waals surface area contributed by atoms with Gasteiger partial charge in [0.2, 0.25) is 0 Å². The monoisotopic (exact) mass is 393 g/mol. The number of nitrogens with zero attached hydrogens (tertiary/aromatic N) is 2. The summed E-state index contributed by atoms with van der Waals surface area (Å²) < 4.78 is 0. The Morgan fingerprint density at radius 3 is 2.46 bits per heavy atom. The first kappa shape index (κ1) is 19.1. The molecular formula is C23H27N3OS. The highest BCUT2D eigenvalue weighted by atomic mass is 32.2. The molecule has 1 N–H and O–H groups in total. The molecule has 0 aromatic heterocycles. The molecule has 2 aromatic carbocycles. The highest BCUT2D eigenvalue weighted by Gasteiger charge is 2.15. The second kappa shape index (κ2) is 8.84. The summed E-state index contributed by atoms with van der Waals surface area (Å²) in [5, 5.41) is 3.11. The molecule has 5 heteroatoms. The van der Waals surface area contributed by atoms with Gasteiger partial charge in [0.1, 0.15) is 0 Å². The minimum absolute atomic E-state index is 0.0549. The molecule has 2 heterocycles. The third-order valence-electron chi connectivity index (χ3n) is 5.50. The van der Waals surface area contributed by atoms with E-state index in [0.717, 1.165) is 49.7 Å². The van der Waals surface area contributed by atoms with Crippen LogP contribution in [0.1, 0.15) is 21.5 Å². The van der Waals surface area contributed by atoms with E-state index in [2.05, 4.69) is 40.3 Å². The zero-order valence-electron chi connectivity index (χ0n) is 16.4. The highest BCUT2D eigenvalue weighted by Crippen LogP contribution is 2.23. The van der Waals surface area contributed by atoms with Gasteiger partial charge in [-0.15, -0.1) is 0 Å². The Bertz CT molecular complexity index is 849. The van der Waals surface area contributed by atoms with Crippen LogP contribution >= 0.6 is 11.8 Å². The maximum Gasteiger partial charge on any atom is 0.255 e. The summed E-state index contributed by atoms with van der Waals surface area (Å²) in [5.41, 5.74) is 5.20. The van der Waals surface area contributed by atoms with Crippen molar-refractivity contribution in [3.8, 4) is 0 Å². The van der Waals surface area contributed by atoms with Crippen LogP contribution < -0.4 is 10.2 Å². The van der Waals surface area contributed by atoms with Crippen LogP contribution in [0, 0.1) is 6.92 Å². The summed E-state index contributed by atoms with van der Waals surface area (Å²) in [6, 6.07) is 14.1. The molecule has 0 atom stereocenters. The molecule has 2 aliphatic rings. The molecule has 28 heavy (non-hydrogen) atoms. The maximum absolute atomic E-state index is 12.7. The smallest absolute Gasteiger partial charge is 0.255 e. The van der Waals surface area contributed by atoms with Gasteiger partial charge in [-0.05, 0) is 48.4 Å². The summed E-state index contributed by atoms with van der Waals surface area (Å²) in [5.74, 6) is 2.36. The van der Waals surface area contributed by atoms with Crippen LogP contribution in [-0.2, 0) is 6.54 Å². The lowest BCUT2D eigenvalue weighted by atomic mass is 10.1. The largest absolute Gasteiger partial charge is 0.364 e. The van der Waals surface area contributed by atoms with E-state index in [1.165, 1.54) is 17.1 Å². The topological polar surface area (TPSA) is 35.6 Å². The molecule has 0 saturated carbocycles. The van der Waals surface area contributed by atoms with Crippen LogP contribution in [0.2, 0.25) is 0 Å². The molecule has 4 rings (SSSR count). The molecule has 0 spiro atoms. The number of thioether (sulfide) groups is 1. The van der Waals surface area contributed by atoms with Crippen LogP contribution in [0.15, 0.2) is 54.6 Å². The van der Waals surface area contributed by atoms with Gasteiger partial charge in [0.05, 0.1) is 0 Å². The molecule has 4 nitrogen and oxygen atoms in total. The lowest BCUT2D eigenvalue weighted by Gasteiger charge is -2.27. The molecule has 0 bridgehead atoms. The van der Waals surface area contributed by atoms with E-state index in [9.17, 15) is 4.79 Å². The van der Waals surface area contributed by atoms with Crippen molar-refractivity contribution in [1.29, 1.82) is 0 Å². The van der Waals surface area contributed by atoms with Gasteiger partial charge in [-0.25, -0.2) is 0 Å². The number of hydrogen-bond acceptors (Lipinski definition) is 4. The third-order valence-corrected chi connectivity index (χ3v) is 6.45. The Balaban J connectivity index is 1.43. The van der Waals surface area contributed by atoms with E-state index in [4.69, 9.17) is 0 Å². The molecule has 0 unspecified atom stereocenters. The fourth-order valence-corrected chi connectivity index (χ4v) is 4.68. The SMILES string of the molecule is Cc1c(CN2CCSCC2)cccc1NC(=O)c1ccc(N2CC=CC2)cc1. The molecule has 1 amide bonds. The van der Waals surface area contributed by atoms with Gasteiger partial charge >= 0.3 is 0 Å². The van der Waals surface area contributed by atoms with Crippen LogP contribution in [0.4, 0.5) is 11.4 Å². The molecule has 2 aromatic rings. The Kier molecular flexibility index (Phi) is 6.03. The maximum atomic E-state index is 12.7. The van der Waals surface area contributed by atoms with E-state index in [1.807, 2.05) is 48.2 Å². The minimum atomic E-state index is -0.0549. The van der Waals surface area contributed by atoms with Crippen molar-refractivity contribution >= 4 is 29.0 Å². The zero-order chi connectivity index (χ0) is 19.3. The van der Waals surface area contributed by atoms with Crippen LogP contribution in [0.25, 0.3) is 0 Å². The second-order valence-corrected chi connectivity index (χ2v) is 8.58. The van der Waals surface area contributed by atoms with Crippen molar-refractivity contribution in [1.82, 2.24) is 4.90 Å². The number of anilines is 2. The molecule has 0 aliphatic carbocycles. The van der Waals surface area contributed by atoms with E-state index in [1.54, 1.807) is 0 Å². The van der Waals surface area contributed by atoms with Gasteiger partial charge < -0.3 is 10.2 Å². The van der Waals surface area contributed by atoms with Crippen molar-refractivity contribution in [2.24, 2.45) is 0 Å². The molecular weight excluding hydrogens is 366 g/mol. The predicted octanol–water partition coefficient (Wildman–Crippen LogP) is 4.17. The fraction of sp³-hybridized carbons (Fsp3) is 0.348. The van der Waals surface area contributed by atoms with Crippen molar-refractivity contribution in [2.75, 3.05) is 47.9 Å². The summed E-state index contributed by atoms with van der Waals surface area (Å²) in [6.45, 7) is 7.21. The second-order valence-electron chi connectivity index (χ2n) is 7.36. The first-order valence-corrected chi connectivity index (χ1v) is 11.1. The first-order valence-electron chi connectivity index (χ1n) is 9.90. The van der Waals surface area contributed by atoms with Crippen LogP contribution in [0.5, 0.6) is 0 Å². The van der Waals surface area contributed by atoms with Crippen LogP contribution in [-0.4, -0.2) is 48.5 Å². The molecule has 1 saturated heterocycles. The standard InChI is InChI=1S/C23H27N3OS/c1-18-20(17-25-13-15-28-16-14-25)5-4-6-22(18)24-23(27)19-7-9-21(10-8-19)26-11-2-3-12-26/h2-10H,11-17H2,1H3,(H,24,27). The van der Waals surface area contributed by atoms with E-state index < -0.39 is 0 Å². The third kappa shape index (κ3) is 4.42. The van der Waals surface area contributed by atoms with Crippen molar-refractivity contribution in [3.63, 3.8) is 0 Å². The number of hydrogen-bond donors (Lipinski definition) is 1. The van der Waals surface area contributed by atoms with Gasteiger partial charge in [-0.1, -0.05) is 24.3 Å². The van der Waals surface area contributed by atoms with E-state index >= 15 is 0 Å². The first-order chi connectivity index (χ1) is 13.7. The average Bonchev–Trinajstić information content (AvgIpc) is 3.27. The highest BCUT2D eigenvalue weighted by molar-refractivity contribution is 7.99. The normalized spacial score (nSPS) is 17.1. The quantitative estimate of drug-likeness (QED) is 0.774. The number of benzene rings is 2. The summed E-state index contributed by atoms with van der Waals surface area (Å²) in [4.78, 5) is 17.5. The van der Waals surface area contributed by atoms with Gasteiger partial charge in [-0.2, -0.15) is 11.8 Å². The predicted molar refractivity (Wildman–Crippen MR) is 120 cm³/mol. The fourth-order valence-electron chi connectivity index (χ4n) is 3.70. The Morgan fingerprint density at radius 1 is 1.04 bits per heavy atom. The Morgan fingerprint density at radius 2 is 1.75 bits per heavy atom. The van der Waals surface area contributed by atoms with Gasteiger partial charge in [0, 0.05) is 61.2 Å². The molecule has 1 fully saturated rings. The van der Waals surface area contributed by atoms with Gasteiger partial charge in [0.25, 0.3) is 5.91 Å². The lowest BCUT2D eigenvalue weighted by Crippen LogP contribution is -2.32. The van der Waals surface area contributed by atoms with Crippen molar-refractivity contribution in [3.05, 3.63) is 71.3 Å². The Hall–Kier alpha value is -2.24. The molecule has 2 aliphatic heterocycles. The number of carbonyl (C=O) groups is 1. The number of rotatable bonds is 5. The average molecular weight is 394 g/mol. The number of carbonyl (C=O) groups excluding carboxylic acids is 1. The summed E-state index contributed by atoms with van der Waals surface area (Å²) in [6.07, 6.45) is 4.33. The number of nitrogens with one attached hydrogen (secondary N) is 1. The van der Waals surface area contributed by atoms with Gasteiger partial charge in [0.15, 0.2) is 0 Å². The van der Waals surface area contributed by atoms with Crippen LogP contribution in [0.3, 0.4) is 0 Å². The van der Waals surface area contributed by atoms with Gasteiger partial charge in [-0.3, -0.25) is 9.69 Å².